The molecule has 1 aromatic carbocycles. The summed E-state index contributed by atoms with van der Waals surface area (Å²) in [6, 6.07) is 8.49. The minimum atomic E-state index is -1.05. The van der Waals surface area contributed by atoms with E-state index in [0.717, 1.165) is 11.4 Å². The zero-order valence-corrected chi connectivity index (χ0v) is 14.8. The van der Waals surface area contributed by atoms with Crippen LogP contribution in [-0.4, -0.2) is 22.5 Å². The topological polar surface area (TPSA) is 83.1 Å². The number of carbonyl (C=O) groups excluding carboxylic acids is 2. The first-order valence-electron chi connectivity index (χ1n) is 7.77. The van der Waals surface area contributed by atoms with Crippen molar-refractivity contribution in [1.82, 2.24) is 15.6 Å². The molecule has 0 fully saturated rings. The van der Waals surface area contributed by atoms with Gasteiger partial charge in [-0.15, -0.1) is 11.3 Å². The first kappa shape index (κ1) is 17.9. The monoisotopic (exact) mass is 346 g/mol. The van der Waals surface area contributed by atoms with Crippen LogP contribution in [0.4, 0.5) is 10.5 Å². The van der Waals surface area contributed by atoms with Crippen LogP contribution in [0.3, 0.4) is 0 Å². The number of hydrogen-bond acceptors (Lipinski definition) is 4. The lowest BCUT2D eigenvalue weighted by Gasteiger charge is -2.27. The predicted molar refractivity (Wildman–Crippen MR) is 96.0 cm³/mol. The molecule has 7 heteroatoms. The number of hydrogen-bond donors (Lipinski definition) is 3. The highest BCUT2D eigenvalue weighted by Gasteiger charge is 2.31. The van der Waals surface area contributed by atoms with Crippen LogP contribution in [-0.2, 0) is 4.79 Å². The first-order chi connectivity index (χ1) is 11.4. The van der Waals surface area contributed by atoms with Crippen molar-refractivity contribution in [2.75, 3.05) is 5.32 Å². The maximum absolute atomic E-state index is 12.5. The second-order valence-electron chi connectivity index (χ2n) is 5.87. The van der Waals surface area contributed by atoms with Crippen LogP contribution in [0.2, 0.25) is 0 Å². The molecule has 0 aliphatic heterocycles. The molecule has 0 radical (unpaired) electrons. The van der Waals surface area contributed by atoms with E-state index in [4.69, 9.17) is 0 Å². The van der Waals surface area contributed by atoms with Crippen LogP contribution in [0, 0.1) is 0 Å². The van der Waals surface area contributed by atoms with E-state index in [9.17, 15) is 9.59 Å². The summed E-state index contributed by atoms with van der Waals surface area (Å²) in [4.78, 5) is 28.9. The van der Waals surface area contributed by atoms with Crippen LogP contribution >= 0.6 is 11.3 Å². The highest BCUT2D eigenvalue weighted by Crippen LogP contribution is 2.20. The van der Waals surface area contributed by atoms with E-state index in [2.05, 4.69) is 20.9 Å². The summed E-state index contributed by atoms with van der Waals surface area (Å²) in [5.41, 5.74) is -0.385. The smallest absolute Gasteiger partial charge is 0.320 e. The predicted octanol–water partition coefficient (Wildman–Crippen LogP) is 3.31. The number of carbonyl (C=O) groups is 2. The third-order valence-corrected chi connectivity index (χ3v) is 4.38. The van der Waals surface area contributed by atoms with Gasteiger partial charge in [0.15, 0.2) is 0 Å². The van der Waals surface area contributed by atoms with E-state index in [1.54, 1.807) is 32.2 Å². The maximum atomic E-state index is 12.5. The van der Waals surface area contributed by atoms with Crippen molar-refractivity contribution < 1.29 is 9.59 Å². The summed E-state index contributed by atoms with van der Waals surface area (Å²) >= 11 is 1.50. The summed E-state index contributed by atoms with van der Waals surface area (Å²) in [7, 11) is 0. The van der Waals surface area contributed by atoms with Crippen LogP contribution < -0.4 is 16.0 Å². The minimum Gasteiger partial charge on any atom is -0.345 e. The quantitative estimate of drug-likeness (QED) is 0.750. The molecular formula is C17H22N4O2S. The number of anilines is 1. The van der Waals surface area contributed by atoms with Crippen LogP contribution in [0.25, 0.3) is 0 Å². The Hall–Kier alpha value is -2.41. The van der Waals surface area contributed by atoms with Crippen molar-refractivity contribution in [3.8, 4) is 0 Å². The number of amides is 3. The van der Waals surface area contributed by atoms with Gasteiger partial charge in [0.05, 0.1) is 6.04 Å². The molecule has 2 aromatic rings. The van der Waals surface area contributed by atoms with Crippen LogP contribution in [0.15, 0.2) is 41.9 Å². The van der Waals surface area contributed by atoms with Gasteiger partial charge in [-0.2, -0.15) is 0 Å². The standard InChI is InChI=1S/C17H22N4O2S/c1-4-13(14-18-10-11-24-14)20-15(22)17(2,3)21-16(23)19-12-8-6-5-7-9-12/h5-11,13H,4H2,1-3H3,(H,20,22)(H2,19,21,23). The van der Waals surface area contributed by atoms with E-state index < -0.39 is 11.6 Å². The largest absolute Gasteiger partial charge is 0.345 e. The molecule has 0 bridgehead atoms. The number of thiazole rings is 1. The molecule has 0 saturated heterocycles. The number of nitrogens with zero attached hydrogens (tertiary/aromatic N) is 1. The Morgan fingerprint density at radius 2 is 1.96 bits per heavy atom. The van der Waals surface area contributed by atoms with Gasteiger partial charge < -0.3 is 16.0 Å². The molecule has 24 heavy (non-hydrogen) atoms. The van der Waals surface area contributed by atoms with E-state index in [1.165, 1.54) is 11.3 Å². The number of urea groups is 1. The second kappa shape index (κ2) is 7.92. The molecule has 128 valence electrons. The van der Waals surface area contributed by atoms with Gasteiger partial charge in [0.25, 0.3) is 0 Å². The Kier molecular flexibility index (Phi) is 5.92. The third-order valence-electron chi connectivity index (χ3n) is 3.49. The van der Waals surface area contributed by atoms with Gasteiger partial charge in [-0.3, -0.25) is 4.79 Å². The van der Waals surface area contributed by atoms with Crippen LogP contribution in [0.1, 0.15) is 38.2 Å². The summed E-state index contributed by atoms with van der Waals surface area (Å²) in [5.74, 6) is -0.257. The summed E-state index contributed by atoms with van der Waals surface area (Å²) in [6.45, 7) is 5.32. The fourth-order valence-electron chi connectivity index (χ4n) is 2.11. The lowest BCUT2D eigenvalue weighted by molar-refractivity contribution is -0.126. The molecule has 6 nitrogen and oxygen atoms in total. The minimum absolute atomic E-state index is 0.157. The number of benzene rings is 1. The van der Waals surface area contributed by atoms with Crippen molar-refractivity contribution in [2.24, 2.45) is 0 Å². The molecule has 0 saturated carbocycles. The fraction of sp³-hybridized carbons (Fsp3) is 0.353. The van der Waals surface area contributed by atoms with Gasteiger partial charge >= 0.3 is 6.03 Å². The molecule has 1 aromatic heterocycles. The Morgan fingerprint density at radius 3 is 2.54 bits per heavy atom. The average molecular weight is 346 g/mol. The molecule has 0 aliphatic rings. The lowest BCUT2D eigenvalue weighted by atomic mass is 10.0. The number of rotatable bonds is 6. The molecule has 3 amide bonds. The Bertz CT molecular complexity index is 671. The van der Waals surface area contributed by atoms with Crippen LogP contribution in [0.5, 0.6) is 0 Å². The van der Waals surface area contributed by atoms with Gasteiger partial charge in [-0.1, -0.05) is 25.1 Å². The molecule has 3 N–H and O–H groups in total. The van der Waals surface area contributed by atoms with Gasteiger partial charge in [0.1, 0.15) is 10.5 Å². The lowest BCUT2D eigenvalue weighted by Crippen LogP contribution is -2.56. The normalized spacial score (nSPS) is 12.3. The van der Waals surface area contributed by atoms with E-state index in [0.29, 0.717) is 5.69 Å². The van der Waals surface area contributed by atoms with Crippen molar-refractivity contribution in [3.05, 3.63) is 46.9 Å². The van der Waals surface area contributed by atoms with Gasteiger partial charge in [0, 0.05) is 17.3 Å². The Morgan fingerprint density at radius 1 is 1.25 bits per heavy atom. The van der Waals surface area contributed by atoms with Gasteiger partial charge in [0.2, 0.25) is 5.91 Å². The maximum Gasteiger partial charge on any atom is 0.320 e. The van der Waals surface area contributed by atoms with Crippen molar-refractivity contribution in [2.45, 2.75) is 38.8 Å². The zero-order chi connectivity index (χ0) is 17.6. The van der Waals surface area contributed by atoms with Crippen molar-refractivity contribution >= 4 is 29.0 Å². The fourth-order valence-corrected chi connectivity index (χ4v) is 2.88. The molecular weight excluding hydrogens is 324 g/mol. The van der Waals surface area contributed by atoms with Gasteiger partial charge in [-0.05, 0) is 32.4 Å². The molecule has 0 spiro atoms. The molecule has 2 rings (SSSR count). The first-order valence-corrected chi connectivity index (χ1v) is 8.65. The highest BCUT2D eigenvalue weighted by atomic mass is 32.1. The number of aromatic nitrogens is 1. The summed E-state index contributed by atoms with van der Waals surface area (Å²) in [5, 5.41) is 11.1. The zero-order valence-electron chi connectivity index (χ0n) is 14.0. The Balaban J connectivity index is 1.95. The molecule has 0 aliphatic carbocycles. The van der Waals surface area contributed by atoms with E-state index in [1.807, 2.05) is 30.5 Å². The molecule has 1 heterocycles. The van der Waals surface area contributed by atoms with Crippen molar-refractivity contribution in [1.29, 1.82) is 0 Å². The SMILES string of the molecule is CCC(NC(=O)C(C)(C)NC(=O)Nc1ccccc1)c1nccs1. The second-order valence-corrected chi connectivity index (χ2v) is 6.80. The number of nitrogens with one attached hydrogen (secondary N) is 3. The van der Waals surface area contributed by atoms with E-state index in [-0.39, 0.29) is 11.9 Å². The molecule has 1 atom stereocenters. The average Bonchev–Trinajstić information content (AvgIpc) is 3.06. The summed E-state index contributed by atoms with van der Waals surface area (Å²) < 4.78 is 0. The summed E-state index contributed by atoms with van der Waals surface area (Å²) in [6.07, 6.45) is 2.44. The number of para-hydroxylation sites is 1. The highest BCUT2D eigenvalue weighted by molar-refractivity contribution is 7.09. The Labute approximate surface area is 145 Å². The molecule has 1 unspecified atom stereocenters. The third kappa shape index (κ3) is 4.79. The van der Waals surface area contributed by atoms with Crippen molar-refractivity contribution in [3.63, 3.8) is 0 Å². The van der Waals surface area contributed by atoms with E-state index >= 15 is 0 Å². The van der Waals surface area contributed by atoms with Gasteiger partial charge in [-0.25, -0.2) is 9.78 Å².